The van der Waals surface area contributed by atoms with Crippen molar-refractivity contribution < 1.29 is 0 Å². The van der Waals surface area contributed by atoms with Crippen LogP contribution in [-0.4, -0.2) is 9.97 Å². The molecular formula is C21H19ClN4. The molecule has 0 saturated heterocycles. The second-order valence-corrected chi connectivity index (χ2v) is 5.78. The van der Waals surface area contributed by atoms with Crippen molar-refractivity contribution in [1.82, 2.24) is 9.97 Å². The van der Waals surface area contributed by atoms with E-state index in [0.29, 0.717) is 0 Å². The lowest BCUT2D eigenvalue weighted by Crippen LogP contribution is -2.00. The summed E-state index contributed by atoms with van der Waals surface area (Å²) in [6.07, 6.45) is 1.59. The Morgan fingerprint density at radius 2 is 1.42 bits per heavy atom. The molecule has 130 valence electrons. The van der Waals surface area contributed by atoms with Crippen molar-refractivity contribution in [2.75, 3.05) is 10.6 Å². The average Bonchev–Trinajstić information content (AvgIpc) is 2.69. The molecule has 0 aliphatic rings. The van der Waals surface area contributed by atoms with E-state index in [2.05, 4.69) is 57.0 Å². The first kappa shape index (κ1) is 17.7. The van der Waals surface area contributed by atoms with Gasteiger partial charge in [-0.15, -0.1) is 12.4 Å². The third kappa shape index (κ3) is 4.10. The number of benzene rings is 3. The Bertz CT molecular complexity index is 967. The molecule has 0 saturated carbocycles. The Morgan fingerprint density at radius 3 is 2.23 bits per heavy atom. The lowest BCUT2D eigenvalue weighted by molar-refractivity contribution is 1.15. The summed E-state index contributed by atoms with van der Waals surface area (Å²) in [6, 6.07) is 26.6. The Balaban J connectivity index is 0.00000196. The number of hydrogen-bond donors (Lipinski definition) is 2. The first-order chi connectivity index (χ1) is 12.4. The maximum atomic E-state index is 4.37. The number of hydrogen-bond acceptors (Lipinski definition) is 4. The standard InChI is InChI=1S/C21H18N4.ClH/c1-2-6-17(7-3-1)22-14-16-10-12-18(13-11-16)25-21-19-8-4-5-9-20(19)23-15-24-21;/h1-13,15,22H,14H2,(H,23,24,25);1H. The molecule has 0 atom stereocenters. The van der Waals surface area contributed by atoms with Crippen LogP contribution >= 0.6 is 12.4 Å². The van der Waals surface area contributed by atoms with E-state index in [1.165, 1.54) is 5.56 Å². The smallest absolute Gasteiger partial charge is 0.141 e. The molecule has 1 heterocycles. The van der Waals surface area contributed by atoms with E-state index in [1.807, 2.05) is 42.5 Å². The molecule has 5 heteroatoms. The highest BCUT2D eigenvalue weighted by Crippen LogP contribution is 2.23. The van der Waals surface area contributed by atoms with Crippen LogP contribution < -0.4 is 10.6 Å². The monoisotopic (exact) mass is 362 g/mol. The van der Waals surface area contributed by atoms with E-state index in [0.717, 1.165) is 34.6 Å². The van der Waals surface area contributed by atoms with E-state index in [1.54, 1.807) is 6.33 Å². The zero-order chi connectivity index (χ0) is 16.9. The predicted octanol–water partition coefficient (Wildman–Crippen LogP) is 5.41. The van der Waals surface area contributed by atoms with Crippen LogP contribution in [0, 0.1) is 0 Å². The van der Waals surface area contributed by atoms with Crippen LogP contribution in [0.5, 0.6) is 0 Å². The zero-order valence-corrected chi connectivity index (χ0v) is 14.9. The normalized spacial score (nSPS) is 10.2. The van der Waals surface area contributed by atoms with E-state index >= 15 is 0 Å². The summed E-state index contributed by atoms with van der Waals surface area (Å²) in [6.45, 7) is 0.792. The number of nitrogens with one attached hydrogen (secondary N) is 2. The second kappa shape index (κ2) is 8.32. The largest absolute Gasteiger partial charge is 0.381 e. The lowest BCUT2D eigenvalue weighted by Gasteiger charge is -2.10. The van der Waals surface area contributed by atoms with Crippen molar-refractivity contribution >= 4 is 40.5 Å². The van der Waals surface area contributed by atoms with E-state index in [-0.39, 0.29) is 12.4 Å². The molecule has 0 bridgehead atoms. The van der Waals surface area contributed by atoms with Crippen molar-refractivity contribution in [3.05, 3.63) is 90.8 Å². The van der Waals surface area contributed by atoms with Crippen LogP contribution in [0.25, 0.3) is 10.9 Å². The second-order valence-electron chi connectivity index (χ2n) is 5.78. The van der Waals surface area contributed by atoms with E-state index in [9.17, 15) is 0 Å². The van der Waals surface area contributed by atoms with Gasteiger partial charge in [-0.05, 0) is 42.0 Å². The molecule has 0 amide bonds. The summed E-state index contributed by atoms with van der Waals surface area (Å²) in [7, 11) is 0. The third-order valence-electron chi connectivity index (χ3n) is 4.03. The summed E-state index contributed by atoms with van der Waals surface area (Å²) in [5.74, 6) is 0.820. The highest BCUT2D eigenvalue weighted by atomic mass is 35.5. The topological polar surface area (TPSA) is 49.8 Å². The fraction of sp³-hybridized carbons (Fsp3) is 0.0476. The molecule has 4 rings (SSSR count). The van der Waals surface area contributed by atoms with Gasteiger partial charge < -0.3 is 10.6 Å². The van der Waals surface area contributed by atoms with Crippen LogP contribution in [-0.2, 0) is 6.54 Å². The van der Waals surface area contributed by atoms with Gasteiger partial charge >= 0.3 is 0 Å². The minimum atomic E-state index is 0. The molecule has 26 heavy (non-hydrogen) atoms. The van der Waals surface area contributed by atoms with Crippen LogP contribution in [0.2, 0.25) is 0 Å². The Labute approximate surface area is 158 Å². The predicted molar refractivity (Wildman–Crippen MR) is 110 cm³/mol. The van der Waals surface area contributed by atoms with Gasteiger partial charge in [-0.2, -0.15) is 0 Å². The molecule has 4 nitrogen and oxygen atoms in total. The molecule has 0 fully saturated rings. The van der Waals surface area contributed by atoms with Gasteiger partial charge in [-0.25, -0.2) is 9.97 Å². The van der Waals surface area contributed by atoms with E-state index in [4.69, 9.17) is 0 Å². The highest BCUT2D eigenvalue weighted by molar-refractivity contribution is 5.90. The molecule has 4 aromatic rings. The van der Waals surface area contributed by atoms with Crippen molar-refractivity contribution in [2.24, 2.45) is 0 Å². The van der Waals surface area contributed by atoms with Crippen molar-refractivity contribution in [1.29, 1.82) is 0 Å². The average molecular weight is 363 g/mol. The minimum absolute atomic E-state index is 0. The fourth-order valence-corrected chi connectivity index (χ4v) is 2.71. The molecule has 0 aliphatic carbocycles. The van der Waals surface area contributed by atoms with Gasteiger partial charge in [0.25, 0.3) is 0 Å². The van der Waals surface area contributed by atoms with Gasteiger partial charge in [0.1, 0.15) is 12.1 Å². The van der Waals surface area contributed by atoms with Gasteiger partial charge in [0.15, 0.2) is 0 Å². The number of para-hydroxylation sites is 2. The van der Waals surface area contributed by atoms with Crippen LogP contribution in [0.3, 0.4) is 0 Å². The van der Waals surface area contributed by atoms with Gasteiger partial charge in [0.05, 0.1) is 5.52 Å². The quantitative estimate of drug-likeness (QED) is 0.498. The Kier molecular flexibility index (Phi) is 5.66. The molecule has 2 N–H and O–H groups in total. The number of nitrogens with zero attached hydrogens (tertiary/aromatic N) is 2. The van der Waals surface area contributed by atoms with Gasteiger partial charge in [0, 0.05) is 23.3 Å². The number of rotatable bonds is 5. The molecule has 1 aromatic heterocycles. The third-order valence-corrected chi connectivity index (χ3v) is 4.03. The Morgan fingerprint density at radius 1 is 0.692 bits per heavy atom. The highest BCUT2D eigenvalue weighted by Gasteiger charge is 2.03. The number of aromatic nitrogens is 2. The van der Waals surface area contributed by atoms with Crippen LogP contribution in [0.15, 0.2) is 85.2 Å². The molecule has 3 aromatic carbocycles. The first-order valence-corrected chi connectivity index (χ1v) is 8.23. The van der Waals surface area contributed by atoms with E-state index < -0.39 is 0 Å². The molecular weight excluding hydrogens is 344 g/mol. The first-order valence-electron chi connectivity index (χ1n) is 8.23. The molecule has 0 radical (unpaired) electrons. The van der Waals surface area contributed by atoms with Gasteiger partial charge in [-0.3, -0.25) is 0 Å². The van der Waals surface area contributed by atoms with Crippen LogP contribution in [0.1, 0.15) is 5.56 Å². The lowest BCUT2D eigenvalue weighted by atomic mass is 10.2. The van der Waals surface area contributed by atoms with Crippen molar-refractivity contribution in [3.63, 3.8) is 0 Å². The summed E-state index contributed by atoms with van der Waals surface area (Å²) >= 11 is 0. The number of anilines is 3. The molecule has 0 spiro atoms. The van der Waals surface area contributed by atoms with Crippen molar-refractivity contribution in [2.45, 2.75) is 6.54 Å². The van der Waals surface area contributed by atoms with Gasteiger partial charge in [0.2, 0.25) is 0 Å². The Hall–Kier alpha value is -3.11. The molecule has 0 unspecified atom stereocenters. The summed E-state index contributed by atoms with van der Waals surface area (Å²) in [4.78, 5) is 8.66. The van der Waals surface area contributed by atoms with Crippen LogP contribution in [0.4, 0.5) is 17.2 Å². The number of halogens is 1. The summed E-state index contributed by atoms with van der Waals surface area (Å²) in [5.41, 5.74) is 4.29. The summed E-state index contributed by atoms with van der Waals surface area (Å²) < 4.78 is 0. The molecule has 0 aliphatic heterocycles. The van der Waals surface area contributed by atoms with Gasteiger partial charge in [-0.1, -0.05) is 42.5 Å². The SMILES string of the molecule is Cl.c1ccc(NCc2ccc(Nc3ncnc4ccccc34)cc2)cc1. The maximum absolute atomic E-state index is 4.37. The van der Waals surface area contributed by atoms with Crippen molar-refractivity contribution in [3.8, 4) is 0 Å². The summed E-state index contributed by atoms with van der Waals surface area (Å²) in [5, 5.41) is 7.80. The zero-order valence-electron chi connectivity index (χ0n) is 14.1. The fourth-order valence-electron chi connectivity index (χ4n) is 2.71. The minimum Gasteiger partial charge on any atom is -0.381 e. The number of fused-ring (bicyclic) bond motifs is 1. The maximum Gasteiger partial charge on any atom is 0.141 e.